The predicted molar refractivity (Wildman–Crippen MR) is 112 cm³/mol. The van der Waals surface area contributed by atoms with Gasteiger partial charge in [-0.05, 0) is 34.8 Å². The number of amides is 2. The number of hydrogen-bond donors (Lipinski definition) is 1. The van der Waals surface area contributed by atoms with Crippen molar-refractivity contribution in [3.63, 3.8) is 0 Å². The van der Waals surface area contributed by atoms with Crippen molar-refractivity contribution in [3.05, 3.63) is 31.9 Å². The molecule has 8 nitrogen and oxygen atoms in total. The summed E-state index contributed by atoms with van der Waals surface area (Å²) < 4.78 is 44.7. The fraction of sp³-hybridized carbons (Fsp3) is 0.444. The number of aromatic nitrogens is 2. The lowest BCUT2D eigenvalue weighted by molar-refractivity contribution is -0.144. The molecule has 31 heavy (non-hydrogen) atoms. The van der Waals surface area contributed by atoms with Crippen LogP contribution in [0.3, 0.4) is 0 Å². The highest BCUT2D eigenvalue weighted by atomic mass is 79.9. The predicted octanol–water partition coefficient (Wildman–Crippen LogP) is 4.09. The fourth-order valence-electron chi connectivity index (χ4n) is 2.63. The van der Waals surface area contributed by atoms with Crippen molar-refractivity contribution in [1.29, 1.82) is 0 Å². The van der Waals surface area contributed by atoms with Crippen molar-refractivity contribution >= 4 is 50.1 Å². The van der Waals surface area contributed by atoms with Crippen LogP contribution in [-0.4, -0.2) is 53.2 Å². The molecule has 2 amide bonds. The van der Waals surface area contributed by atoms with Gasteiger partial charge in [-0.3, -0.25) is 14.3 Å². The summed E-state index contributed by atoms with van der Waals surface area (Å²) >= 11 is 3.62. The molecule has 170 valence electrons. The maximum absolute atomic E-state index is 13.2. The smallest absolute Gasteiger partial charge is 0.434 e. The van der Waals surface area contributed by atoms with Crippen molar-refractivity contribution in [2.45, 2.75) is 26.4 Å². The Morgan fingerprint density at radius 1 is 1.29 bits per heavy atom. The highest BCUT2D eigenvalue weighted by Gasteiger charge is 2.40. The Morgan fingerprint density at radius 3 is 2.39 bits per heavy atom. The highest BCUT2D eigenvalue weighted by molar-refractivity contribution is 9.10. The van der Waals surface area contributed by atoms with Gasteiger partial charge >= 0.3 is 12.1 Å². The molecule has 2 aromatic heterocycles. The lowest BCUT2D eigenvalue weighted by atomic mass is 10.1. The summed E-state index contributed by atoms with van der Waals surface area (Å²) in [6.45, 7) is 3.46. The minimum absolute atomic E-state index is 0.0140. The number of alkyl halides is 3. The van der Waals surface area contributed by atoms with E-state index >= 15 is 0 Å². The molecule has 0 aliphatic carbocycles. The van der Waals surface area contributed by atoms with E-state index in [0.29, 0.717) is 16.7 Å². The average molecular weight is 525 g/mol. The van der Waals surface area contributed by atoms with Crippen molar-refractivity contribution in [2.75, 3.05) is 26.0 Å². The molecule has 2 aromatic rings. The van der Waals surface area contributed by atoms with Gasteiger partial charge in [0.25, 0.3) is 11.8 Å². The molecular formula is C18H20BrF3N4O4S. The minimum Gasteiger partial charge on any atom is -0.462 e. The Balaban J connectivity index is 2.51. The number of halogens is 4. The number of hydrogen-bond acceptors (Lipinski definition) is 6. The molecule has 0 aliphatic heterocycles. The maximum atomic E-state index is 13.2. The molecule has 0 atom stereocenters. The molecule has 13 heteroatoms. The van der Waals surface area contributed by atoms with Crippen LogP contribution in [0.25, 0.3) is 0 Å². The number of nitrogens with one attached hydrogen (secondary N) is 1. The summed E-state index contributed by atoms with van der Waals surface area (Å²) in [5.41, 5.74) is -1.38. The van der Waals surface area contributed by atoms with Crippen LogP contribution in [0, 0.1) is 6.92 Å². The van der Waals surface area contributed by atoms with Crippen LogP contribution < -0.4 is 5.32 Å². The molecule has 1 N–H and O–H groups in total. The van der Waals surface area contributed by atoms with Crippen molar-refractivity contribution in [2.24, 2.45) is 7.05 Å². The van der Waals surface area contributed by atoms with Gasteiger partial charge in [0.2, 0.25) is 0 Å². The largest absolute Gasteiger partial charge is 0.462 e. The molecular weight excluding hydrogens is 505 g/mol. The summed E-state index contributed by atoms with van der Waals surface area (Å²) in [5, 5.41) is 6.03. The van der Waals surface area contributed by atoms with Gasteiger partial charge < -0.3 is 15.0 Å². The zero-order chi connectivity index (χ0) is 23.7. The van der Waals surface area contributed by atoms with Gasteiger partial charge in [0.15, 0.2) is 11.4 Å². The van der Waals surface area contributed by atoms with Gasteiger partial charge in [-0.1, -0.05) is 6.92 Å². The topological polar surface area (TPSA) is 93.5 Å². The minimum atomic E-state index is -4.74. The van der Waals surface area contributed by atoms with Crippen LogP contribution in [0.2, 0.25) is 0 Å². The van der Waals surface area contributed by atoms with E-state index in [4.69, 9.17) is 4.74 Å². The van der Waals surface area contributed by atoms with Crippen LogP contribution in [0.15, 0.2) is 4.47 Å². The van der Waals surface area contributed by atoms with E-state index in [1.54, 1.807) is 6.92 Å². The molecule has 2 heterocycles. The normalized spacial score (nSPS) is 11.4. The highest BCUT2D eigenvalue weighted by Crippen LogP contribution is 2.38. The van der Waals surface area contributed by atoms with Gasteiger partial charge in [0.05, 0.1) is 21.5 Å². The lowest BCUT2D eigenvalue weighted by Crippen LogP contribution is -2.21. The maximum Gasteiger partial charge on any atom is 0.434 e. The second kappa shape index (κ2) is 9.39. The van der Waals surface area contributed by atoms with E-state index in [-0.39, 0.29) is 22.0 Å². The number of esters is 1. The van der Waals surface area contributed by atoms with E-state index < -0.39 is 39.8 Å². The van der Waals surface area contributed by atoms with Crippen molar-refractivity contribution in [3.8, 4) is 0 Å². The molecule has 0 saturated heterocycles. The van der Waals surface area contributed by atoms with Crippen LogP contribution in [-0.2, 0) is 18.0 Å². The Labute approximate surface area is 188 Å². The monoisotopic (exact) mass is 524 g/mol. The van der Waals surface area contributed by atoms with E-state index in [0.717, 1.165) is 18.4 Å². The zero-order valence-corrected chi connectivity index (χ0v) is 19.7. The molecule has 0 unspecified atom stereocenters. The summed E-state index contributed by atoms with van der Waals surface area (Å²) in [4.78, 5) is 39.2. The van der Waals surface area contributed by atoms with E-state index in [1.807, 2.05) is 0 Å². The number of nitrogens with zero attached hydrogens (tertiary/aromatic N) is 3. The Hall–Kier alpha value is -2.41. The van der Waals surface area contributed by atoms with Gasteiger partial charge in [0.1, 0.15) is 5.00 Å². The zero-order valence-electron chi connectivity index (χ0n) is 17.3. The molecule has 0 saturated carbocycles. The molecule has 0 aromatic carbocycles. The summed E-state index contributed by atoms with van der Waals surface area (Å²) in [5.74, 6) is -2.13. The molecule has 0 bridgehead atoms. The molecule has 2 rings (SSSR count). The quantitative estimate of drug-likeness (QED) is 0.574. The first-order valence-corrected chi connectivity index (χ1v) is 10.5. The van der Waals surface area contributed by atoms with E-state index in [9.17, 15) is 27.6 Å². The number of carbonyl (C=O) groups excluding carboxylic acids is 3. The van der Waals surface area contributed by atoms with Crippen LogP contribution in [0.4, 0.5) is 18.2 Å². The van der Waals surface area contributed by atoms with Crippen molar-refractivity contribution < 1.29 is 32.3 Å². The van der Waals surface area contributed by atoms with Crippen molar-refractivity contribution in [1.82, 2.24) is 14.7 Å². The Kier molecular flexibility index (Phi) is 7.53. The van der Waals surface area contributed by atoms with Crippen LogP contribution >= 0.6 is 27.3 Å². The number of aryl methyl sites for hydroxylation is 1. The number of anilines is 1. The number of carbonyl (C=O) groups is 3. The average Bonchev–Trinajstić information content (AvgIpc) is 3.14. The Morgan fingerprint density at radius 2 is 1.90 bits per heavy atom. The first-order chi connectivity index (χ1) is 14.3. The van der Waals surface area contributed by atoms with Gasteiger partial charge in [-0.25, -0.2) is 4.79 Å². The number of thiophene rings is 1. The first-order valence-electron chi connectivity index (χ1n) is 8.94. The number of ether oxygens (including phenoxy) is 1. The third-order valence-electron chi connectivity index (χ3n) is 4.09. The lowest BCUT2D eigenvalue weighted by Gasteiger charge is -2.09. The molecule has 0 fully saturated rings. The number of rotatable bonds is 6. The summed E-state index contributed by atoms with van der Waals surface area (Å²) in [6, 6.07) is 0. The van der Waals surface area contributed by atoms with E-state index in [1.165, 1.54) is 25.9 Å². The third-order valence-corrected chi connectivity index (χ3v) is 6.04. The van der Waals surface area contributed by atoms with Gasteiger partial charge in [-0.2, -0.15) is 18.3 Å². The second-order valence-electron chi connectivity index (χ2n) is 6.68. The summed E-state index contributed by atoms with van der Waals surface area (Å²) in [7, 11) is 4.11. The van der Waals surface area contributed by atoms with Gasteiger partial charge in [-0.15, -0.1) is 11.3 Å². The molecule has 0 aliphatic rings. The molecule has 0 spiro atoms. The third kappa shape index (κ3) is 5.09. The Bertz CT molecular complexity index is 1030. The second-order valence-corrected chi connectivity index (χ2v) is 8.50. The first kappa shape index (κ1) is 24.9. The van der Waals surface area contributed by atoms with Crippen LogP contribution in [0.5, 0.6) is 0 Å². The standard InChI is InChI=1S/C18H20BrF3N4O4S/c1-6-7-30-17(29)9-8(2)12(16(28)25(3)4)31-15(9)23-14(27)11-10(19)13(18(20,21)22)26(5)24-11/h6-7H2,1-5H3,(H,23,27). The van der Waals surface area contributed by atoms with Gasteiger partial charge in [0, 0.05) is 21.1 Å². The van der Waals surface area contributed by atoms with Crippen LogP contribution in [0.1, 0.15) is 55.1 Å². The SMILES string of the molecule is CCCOC(=O)c1c(NC(=O)c2nn(C)c(C(F)(F)F)c2Br)sc(C(=O)N(C)C)c1C. The summed E-state index contributed by atoms with van der Waals surface area (Å²) in [6.07, 6.45) is -4.18. The molecule has 0 radical (unpaired) electrons. The van der Waals surface area contributed by atoms with E-state index in [2.05, 4.69) is 26.3 Å². The fourth-order valence-corrected chi connectivity index (χ4v) is 4.59.